The van der Waals surface area contributed by atoms with Crippen molar-refractivity contribution in [1.29, 1.82) is 0 Å². The average molecular weight is 353 g/mol. The van der Waals surface area contributed by atoms with Crippen molar-refractivity contribution in [1.82, 2.24) is 0 Å². The van der Waals surface area contributed by atoms with Gasteiger partial charge in [-0.15, -0.1) is 23.5 Å². The lowest BCUT2D eigenvalue weighted by atomic mass is 10.1. The maximum Gasteiger partial charge on any atom is 0.163 e. The Labute approximate surface area is 144 Å². The van der Waals surface area contributed by atoms with Gasteiger partial charge in [0.1, 0.15) is 18.3 Å². The predicted molar refractivity (Wildman–Crippen MR) is 95.6 cm³/mol. The number of hydrogen-bond donors (Lipinski definition) is 1. The van der Waals surface area contributed by atoms with Gasteiger partial charge in [0.15, 0.2) is 5.79 Å². The Morgan fingerprint density at radius 3 is 2.05 bits per heavy atom. The number of thioether (sulfide) groups is 2. The highest BCUT2D eigenvalue weighted by molar-refractivity contribution is 8.17. The lowest BCUT2D eigenvalue weighted by molar-refractivity contribution is -0.162. The number of rotatable bonds is 8. The van der Waals surface area contributed by atoms with E-state index in [2.05, 4.69) is 13.8 Å². The van der Waals surface area contributed by atoms with Crippen molar-refractivity contribution in [3.8, 4) is 0 Å². The molecule has 1 aliphatic rings. The molecule has 0 unspecified atom stereocenters. The fourth-order valence-corrected chi connectivity index (χ4v) is 4.98. The summed E-state index contributed by atoms with van der Waals surface area (Å²) < 4.78 is 18.1. The maximum atomic E-state index is 10.6. The largest absolute Gasteiger partial charge is 0.388 e. The summed E-state index contributed by atoms with van der Waals surface area (Å²) >= 11 is 3.70. The highest BCUT2D eigenvalue weighted by atomic mass is 32.2. The third kappa shape index (κ3) is 6.57. The fourth-order valence-electron chi connectivity index (χ4n) is 2.32. The molecule has 1 fully saturated rings. The van der Waals surface area contributed by atoms with Gasteiger partial charge in [0, 0.05) is 0 Å². The van der Waals surface area contributed by atoms with Crippen LogP contribution in [0.1, 0.15) is 48.5 Å². The molecular weight excluding hydrogens is 320 g/mol. The van der Waals surface area contributed by atoms with Crippen LogP contribution in [-0.2, 0) is 14.2 Å². The van der Waals surface area contributed by atoms with Gasteiger partial charge in [-0.05, 0) is 46.1 Å². The van der Waals surface area contributed by atoms with Gasteiger partial charge in [0.05, 0.1) is 16.8 Å². The molecule has 1 heterocycles. The Morgan fingerprint density at radius 2 is 1.59 bits per heavy atom. The van der Waals surface area contributed by atoms with Crippen LogP contribution >= 0.6 is 23.5 Å². The van der Waals surface area contributed by atoms with Gasteiger partial charge in [-0.2, -0.15) is 0 Å². The number of aliphatic hydroxyl groups is 1. The normalized spacial score (nSPS) is 26.6. The molecule has 132 valence electrons. The lowest BCUT2D eigenvalue weighted by Gasteiger charge is -2.29. The van der Waals surface area contributed by atoms with Crippen LogP contribution in [0.4, 0.5) is 0 Å². The van der Waals surface area contributed by atoms with Crippen LogP contribution in [0.5, 0.6) is 0 Å². The minimum Gasteiger partial charge on any atom is -0.388 e. The van der Waals surface area contributed by atoms with Crippen molar-refractivity contribution in [3.05, 3.63) is 0 Å². The standard InChI is InChI=1S/C16H32O4S2/c1-8-21-14(22-9-2)13-12(19-16(6,7)20-13)11(17)10-18-15(3,4)5/h11-14,17H,8-10H2,1-7H3/t11-,12+,13+/m1/s1. The van der Waals surface area contributed by atoms with E-state index in [1.54, 1.807) is 0 Å². The Morgan fingerprint density at radius 1 is 1.09 bits per heavy atom. The van der Waals surface area contributed by atoms with Crippen LogP contribution in [0, 0.1) is 0 Å². The second-order valence-electron chi connectivity index (χ2n) is 6.83. The van der Waals surface area contributed by atoms with Gasteiger partial charge in [0.2, 0.25) is 0 Å². The molecule has 1 N–H and O–H groups in total. The quantitative estimate of drug-likeness (QED) is 0.675. The lowest BCUT2D eigenvalue weighted by Crippen LogP contribution is -2.43. The Balaban J connectivity index is 2.78. The summed E-state index contributed by atoms with van der Waals surface area (Å²) in [4.78, 5) is 0. The van der Waals surface area contributed by atoms with Gasteiger partial charge < -0.3 is 19.3 Å². The molecule has 6 heteroatoms. The second kappa shape index (κ2) is 8.58. The summed E-state index contributed by atoms with van der Waals surface area (Å²) in [6.45, 7) is 14.3. The Bertz CT molecular complexity index is 325. The zero-order valence-electron chi connectivity index (χ0n) is 14.9. The molecular formula is C16H32O4S2. The number of aliphatic hydroxyl groups excluding tert-OH is 1. The van der Waals surface area contributed by atoms with Gasteiger partial charge in [-0.3, -0.25) is 0 Å². The van der Waals surface area contributed by atoms with E-state index >= 15 is 0 Å². The van der Waals surface area contributed by atoms with E-state index in [0.29, 0.717) is 0 Å². The van der Waals surface area contributed by atoms with E-state index in [1.165, 1.54) is 0 Å². The molecule has 0 amide bonds. The molecule has 0 saturated carbocycles. The van der Waals surface area contributed by atoms with Crippen LogP contribution in [0.2, 0.25) is 0 Å². The molecule has 0 aromatic carbocycles. The van der Waals surface area contributed by atoms with Gasteiger partial charge in [0.25, 0.3) is 0 Å². The summed E-state index contributed by atoms with van der Waals surface area (Å²) in [6, 6.07) is 0. The summed E-state index contributed by atoms with van der Waals surface area (Å²) in [5.74, 6) is 1.36. The summed E-state index contributed by atoms with van der Waals surface area (Å²) in [5, 5.41) is 10.6. The van der Waals surface area contributed by atoms with Crippen molar-refractivity contribution in [3.63, 3.8) is 0 Å². The second-order valence-corrected chi connectivity index (χ2v) is 9.97. The van der Waals surface area contributed by atoms with Crippen LogP contribution in [-0.4, -0.2) is 57.5 Å². The minimum atomic E-state index is -0.691. The van der Waals surface area contributed by atoms with Crippen LogP contribution in [0.25, 0.3) is 0 Å². The van der Waals surface area contributed by atoms with Gasteiger partial charge >= 0.3 is 0 Å². The zero-order valence-corrected chi connectivity index (χ0v) is 16.6. The van der Waals surface area contributed by atoms with Gasteiger partial charge in [-0.25, -0.2) is 0 Å². The molecule has 0 radical (unpaired) electrons. The van der Waals surface area contributed by atoms with Crippen molar-refractivity contribution in [2.45, 2.75) is 82.7 Å². The van der Waals surface area contributed by atoms with Crippen molar-refractivity contribution >= 4 is 23.5 Å². The van der Waals surface area contributed by atoms with Crippen LogP contribution in [0.15, 0.2) is 0 Å². The van der Waals surface area contributed by atoms with Crippen molar-refractivity contribution in [2.75, 3.05) is 18.1 Å². The topological polar surface area (TPSA) is 47.9 Å². The van der Waals surface area contributed by atoms with Crippen molar-refractivity contribution in [2.24, 2.45) is 0 Å². The SMILES string of the molecule is CCSC(SCC)[C@H]1OC(C)(C)O[C@H]1[C@H](O)COC(C)(C)C. The fraction of sp³-hybridized carbons (Fsp3) is 1.00. The van der Waals surface area contributed by atoms with E-state index in [1.807, 2.05) is 58.1 Å². The molecule has 1 aliphatic heterocycles. The van der Waals surface area contributed by atoms with E-state index in [4.69, 9.17) is 14.2 Å². The highest BCUT2D eigenvalue weighted by Crippen LogP contribution is 2.40. The first-order valence-corrected chi connectivity index (χ1v) is 10.1. The first kappa shape index (κ1) is 20.6. The number of hydrogen-bond acceptors (Lipinski definition) is 6. The van der Waals surface area contributed by atoms with Crippen molar-refractivity contribution < 1.29 is 19.3 Å². The molecule has 0 spiro atoms. The Kier molecular flexibility index (Phi) is 8.03. The molecule has 0 aliphatic carbocycles. The third-order valence-corrected chi connectivity index (χ3v) is 5.84. The molecule has 3 atom stereocenters. The van der Waals surface area contributed by atoms with Crippen LogP contribution < -0.4 is 0 Å². The van der Waals surface area contributed by atoms with E-state index in [0.717, 1.165) is 11.5 Å². The highest BCUT2D eigenvalue weighted by Gasteiger charge is 2.48. The molecule has 4 nitrogen and oxygen atoms in total. The average Bonchev–Trinajstić information content (AvgIpc) is 2.71. The monoisotopic (exact) mass is 352 g/mol. The third-order valence-electron chi connectivity index (χ3n) is 3.16. The molecule has 0 aromatic heterocycles. The number of ether oxygens (including phenoxy) is 3. The molecule has 0 aromatic rings. The van der Waals surface area contributed by atoms with E-state index in [-0.39, 0.29) is 29.0 Å². The first-order valence-electron chi connectivity index (χ1n) is 8.00. The predicted octanol–water partition coefficient (Wildman–Crippen LogP) is 3.51. The maximum absolute atomic E-state index is 10.6. The minimum absolute atomic E-state index is 0.136. The van der Waals surface area contributed by atoms with Gasteiger partial charge in [-0.1, -0.05) is 13.8 Å². The van der Waals surface area contributed by atoms with E-state index < -0.39 is 11.9 Å². The molecule has 0 bridgehead atoms. The first-order chi connectivity index (χ1) is 10.1. The zero-order chi connectivity index (χ0) is 17.0. The molecule has 1 saturated heterocycles. The molecule has 1 rings (SSSR count). The van der Waals surface area contributed by atoms with E-state index in [9.17, 15) is 5.11 Å². The Hall–Kier alpha value is 0.540. The summed E-state index contributed by atoms with van der Waals surface area (Å²) in [6.07, 6.45) is -1.19. The summed E-state index contributed by atoms with van der Waals surface area (Å²) in [7, 11) is 0. The molecule has 22 heavy (non-hydrogen) atoms. The summed E-state index contributed by atoms with van der Waals surface area (Å²) in [5.41, 5.74) is -0.277. The smallest absolute Gasteiger partial charge is 0.163 e. The van der Waals surface area contributed by atoms with Crippen LogP contribution in [0.3, 0.4) is 0 Å².